The molecule has 0 radical (unpaired) electrons. The first-order valence-corrected chi connectivity index (χ1v) is 6.61. The van der Waals surface area contributed by atoms with Crippen LogP contribution in [0.25, 0.3) is 0 Å². The Morgan fingerprint density at radius 3 is 2.21 bits per heavy atom. The fraction of sp³-hybridized carbons (Fsp3) is 0.857. The molecular formula is C7H15N3O2S2. The van der Waals surface area contributed by atoms with Gasteiger partial charge in [0.15, 0.2) is 0 Å². The Hall–Kier alpha value is -0.240. The van der Waals surface area contributed by atoms with Crippen molar-refractivity contribution in [2.45, 2.75) is 0 Å². The topological polar surface area (TPSA) is 66.6 Å². The molecule has 0 aromatic rings. The monoisotopic (exact) mass is 237 g/mol. The lowest BCUT2D eigenvalue weighted by molar-refractivity contribution is 0.210. The summed E-state index contributed by atoms with van der Waals surface area (Å²) in [4.78, 5) is 2.52. The first-order valence-electron chi connectivity index (χ1n) is 4.35. The summed E-state index contributed by atoms with van der Waals surface area (Å²) in [5.74, 6) is 0. The Labute approximate surface area is 89.9 Å². The highest BCUT2D eigenvalue weighted by atomic mass is 32.2. The molecule has 0 bridgehead atoms. The molecule has 82 valence electrons. The van der Waals surface area contributed by atoms with E-state index in [2.05, 4.69) is 4.90 Å². The van der Waals surface area contributed by atoms with E-state index in [0.29, 0.717) is 37.7 Å². The van der Waals surface area contributed by atoms with Crippen molar-refractivity contribution in [2.75, 3.05) is 39.0 Å². The summed E-state index contributed by atoms with van der Waals surface area (Å²) in [6.07, 6.45) is 1.23. The summed E-state index contributed by atoms with van der Waals surface area (Å²) < 4.78 is 23.8. The van der Waals surface area contributed by atoms with Gasteiger partial charge in [0.05, 0.1) is 11.2 Å². The molecule has 0 aromatic carbocycles. The van der Waals surface area contributed by atoms with Crippen LogP contribution in [0, 0.1) is 0 Å². The van der Waals surface area contributed by atoms with Gasteiger partial charge in [-0.15, -0.1) is 0 Å². The number of hydrogen-bond donors (Lipinski definition) is 1. The van der Waals surface area contributed by atoms with E-state index in [1.54, 1.807) is 0 Å². The van der Waals surface area contributed by atoms with E-state index in [-0.39, 0.29) is 0 Å². The van der Waals surface area contributed by atoms with Crippen LogP contribution >= 0.6 is 12.2 Å². The van der Waals surface area contributed by atoms with Gasteiger partial charge < -0.3 is 5.73 Å². The first-order chi connectivity index (χ1) is 6.39. The largest absolute Gasteiger partial charge is 0.392 e. The fourth-order valence-electron chi connectivity index (χ4n) is 1.44. The Kier molecular flexibility index (Phi) is 3.82. The SMILES string of the molecule is CS(=O)(=O)N1CCN(CC(N)=S)CC1. The third-order valence-corrected chi connectivity index (χ3v) is 3.61. The third-order valence-electron chi connectivity index (χ3n) is 2.18. The highest BCUT2D eigenvalue weighted by Gasteiger charge is 2.23. The van der Waals surface area contributed by atoms with Crippen LogP contribution in [0.3, 0.4) is 0 Å². The zero-order valence-corrected chi connectivity index (χ0v) is 9.77. The molecule has 0 atom stereocenters. The van der Waals surface area contributed by atoms with E-state index in [4.69, 9.17) is 18.0 Å². The summed E-state index contributed by atoms with van der Waals surface area (Å²) in [6, 6.07) is 0. The highest BCUT2D eigenvalue weighted by Crippen LogP contribution is 2.05. The maximum Gasteiger partial charge on any atom is 0.211 e. The van der Waals surface area contributed by atoms with Crippen LogP contribution in [0.4, 0.5) is 0 Å². The van der Waals surface area contributed by atoms with Gasteiger partial charge in [-0.1, -0.05) is 12.2 Å². The van der Waals surface area contributed by atoms with E-state index in [1.165, 1.54) is 10.6 Å². The van der Waals surface area contributed by atoms with Crippen molar-refractivity contribution in [3.05, 3.63) is 0 Å². The van der Waals surface area contributed by atoms with E-state index in [0.717, 1.165) is 0 Å². The number of piperazine rings is 1. The molecule has 0 aromatic heterocycles. The smallest absolute Gasteiger partial charge is 0.211 e. The molecule has 5 nitrogen and oxygen atoms in total. The van der Waals surface area contributed by atoms with Crippen molar-refractivity contribution in [2.24, 2.45) is 5.73 Å². The molecule has 1 heterocycles. The van der Waals surface area contributed by atoms with Gasteiger partial charge in [0.2, 0.25) is 10.0 Å². The van der Waals surface area contributed by atoms with Crippen molar-refractivity contribution >= 4 is 27.2 Å². The molecule has 1 saturated heterocycles. The summed E-state index contributed by atoms with van der Waals surface area (Å²) in [7, 11) is -3.04. The predicted molar refractivity (Wildman–Crippen MR) is 59.6 cm³/mol. The number of nitrogens with zero attached hydrogens (tertiary/aromatic N) is 2. The third kappa shape index (κ3) is 3.49. The predicted octanol–water partition coefficient (Wildman–Crippen LogP) is -1.15. The van der Waals surface area contributed by atoms with Gasteiger partial charge in [-0.05, 0) is 0 Å². The Morgan fingerprint density at radius 1 is 1.36 bits per heavy atom. The summed E-state index contributed by atoms with van der Waals surface area (Å²) >= 11 is 4.78. The average molecular weight is 237 g/mol. The molecule has 14 heavy (non-hydrogen) atoms. The minimum absolute atomic E-state index is 0.456. The van der Waals surface area contributed by atoms with Crippen LogP contribution < -0.4 is 5.73 Å². The van der Waals surface area contributed by atoms with Crippen LogP contribution in [0.2, 0.25) is 0 Å². The highest BCUT2D eigenvalue weighted by molar-refractivity contribution is 7.88. The van der Waals surface area contributed by atoms with Crippen LogP contribution in [0.5, 0.6) is 0 Å². The summed E-state index contributed by atoms with van der Waals surface area (Å²) in [5.41, 5.74) is 5.40. The molecule has 0 amide bonds. The van der Waals surface area contributed by atoms with Crippen molar-refractivity contribution in [1.82, 2.24) is 9.21 Å². The zero-order valence-electron chi connectivity index (χ0n) is 8.14. The lowest BCUT2D eigenvalue weighted by atomic mass is 10.3. The zero-order chi connectivity index (χ0) is 10.8. The minimum Gasteiger partial charge on any atom is -0.392 e. The number of nitrogens with two attached hydrogens (primary N) is 1. The van der Waals surface area contributed by atoms with Gasteiger partial charge in [-0.2, -0.15) is 4.31 Å². The lowest BCUT2D eigenvalue weighted by Crippen LogP contribution is -2.50. The molecule has 2 N–H and O–H groups in total. The quantitative estimate of drug-likeness (QED) is 0.628. The number of sulfonamides is 1. The molecule has 1 aliphatic rings. The van der Waals surface area contributed by atoms with Gasteiger partial charge in [0, 0.05) is 32.7 Å². The second kappa shape index (κ2) is 4.52. The Morgan fingerprint density at radius 2 is 1.86 bits per heavy atom. The van der Waals surface area contributed by atoms with Gasteiger partial charge in [0.1, 0.15) is 0 Å². The number of rotatable bonds is 3. The van der Waals surface area contributed by atoms with E-state index >= 15 is 0 Å². The van der Waals surface area contributed by atoms with E-state index < -0.39 is 10.0 Å². The van der Waals surface area contributed by atoms with Crippen LogP contribution in [-0.4, -0.2) is 61.6 Å². The molecule has 1 rings (SSSR count). The number of hydrogen-bond acceptors (Lipinski definition) is 4. The summed E-state index contributed by atoms with van der Waals surface area (Å²) in [5, 5.41) is 0. The molecule has 0 unspecified atom stereocenters. The average Bonchev–Trinajstić information content (AvgIpc) is 2.02. The van der Waals surface area contributed by atoms with Crippen molar-refractivity contribution < 1.29 is 8.42 Å². The van der Waals surface area contributed by atoms with Crippen molar-refractivity contribution in [1.29, 1.82) is 0 Å². The standard InChI is InChI=1S/C7H15N3O2S2/c1-14(11,12)10-4-2-9(3-5-10)6-7(8)13/h2-6H2,1H3,(H2,8,13). The maximum atomic E-state index is 11.2. The summed E-state index contributed by atoms with van der Waals surface area (Å²) in [6.45, 7) is 3.03. The molecule has 0 aliphatic carbocycles. The normalized spacial score (nSPS) is 20.9. The van der Waals surface area contributed by atoms with Crippen LogP contribution in [0.1, 0.15) is 0 Å². The molecular weight excluding hydrogens is 222 g/mol. The van der Waals surface area contributed by atoms with Crippen LogP contribution in [0.15, 0.2) is 0 Å². The maximum absolute atomic E-state index is 11.2. The second-order valence-corrected chi connectivity index (χ2v) is 5.91. The van der Waals surface area contributed by atoms with Gasteiger partial charge in [-0.3, -0.25) is 4.90 Å². The van der Waals surface area contributed by atoms with E-state index in [9.17, 15) is 8.42 Å². The molecule has 0 spiro atoms. The molecule has 0 saturated carbocycles. The van der Waals surface area contributed by atoms with E-state index in [1.807, 2.05) is 0 Å². The second-order valence-electron chi connectivity index (χ2n) is 3.40. The van der Waals surface area contributed by atoms with Gasteiger partial charge in [0.25, 0.3) is 0 Å². The van der Waals surface area contributed by atoms with Gasteiger partial charge in [-0.25, -0.2) is 8.42 Å². The van der Waals surface area contributed by atoms with Crippen molar-refractivity contribution in [3.8, 4) is 0 Å². The lowest BCUT2D eigenvalue weighted by Gasteiger charge is -2.32. The van der Waals surface area contributed by atoms with Gasteiger partial charge >= 0.3 is 0 Å². The van der Waals surface area contributed by atoms with Crippen molar-refractivity contribution in [3.63, 3.8) is 0 Å². The number of thiocarbonyl (C=S) groups is 1. The molecule has 1 aliphatic heterocycles. The molecule has 7 heteroatoms. The molecule has 1 fully saturated rings. The Bertz CT molecular complexity index is 307. The first kappa shape index (κ1) is 11.8. The Balaban J connectivity index is 2.43. The fourth-order valence-corrected chi connectivity index (χ4v) is 2.45. The minimum atomic E-state index is -3.04. The van der Waals surface area contributed by atoms with Crippen LogP contribution in [-0.2, 0) is 10.0 Å².